The number of benzene rings is 1. The van der Waals surface area contributed by atoms with Crippen molar-refractivity contribution in [2.45, 2.75) is 13.0 Å². The second-order valence-electron chi connectivity index (χ2n) is 4.77. The van der Waals surface area contributed by atoms with Crippen LogP contribution in [0.3, 0.4) is 0 Å². The summed E-state index contributed by atoms with van der Waals surface area (Å²) in [6, 6.07) is 12.1. The van der Waals surface area contributed by atoms with Crippen LogP contribution >= 0.6 is 0 Å². The van der Waals surface area contributed by atoms with Gasteiger partial charge in [-0.25, -0.2) is 4.98 Å². The molecule has 0 saturated heterocycles. The number of fused-ring (bicyclic) bond motifs is 1. The lowest BCUT2D eigenvalue weighted by molar-refractivity contribution is 0.414. The Hall–Kier alpha value is -2.33. The zero-order chi connectivity index (χ0) is 13.9. The number of nitrogens with zero attached hydrogens (tertiary/aromatic N) is 2. The normalized spacial score (nSPS) is 10.9. The van der Waals surface area contributed by atoms with Gasteiger partial charge in [-0.15, -0.1) is 0 Å². The van der Waals surface area contributed by atoms with Crippen molar-refractivity contribution < 1.29 is 4.74 Å². The molecule has 0 spiro atoms. The molecule has 2 heterocycles. The molecule has 0 atom stereocenters. The number of pyridine rings is 1. The van der Waals surface area contributed by atoms with E-state index in [1.165, 1.54) is 5.56 Å². The van der Waals surface area contributed by atoms with Crippen molar-refractivity contribution in [3.8, 4) is 5.75 Å². The molecule has 2 aromatic heterocycles. The molecule has 4 heteroatoms. The van der Waals surface area contributed by atoms with Crippen molar-refractivity contribution in [1.29, 1.82) is 0 Å². The summed E-state index contributed by atoms with van der Waals surface area (Å²) in [5.74, 6) is 0.872. The first-order valence-electron chi connectivity index (χ1n) is 6.58. The van der Waals surface area contributed by atoms with Gasteiger partial charge in [0.2, 0.25) is 0 Å². The van der Waals surface area contributed by atoms with Crippen LogP contribution in [-0.4, -0.2) is 16.5 Å². The molecule has 0 saturated carbocycles. The molecule has 0 aliphatic heterocycles. The minimum absolute atomic E-state index is 0.536. The number of methoxy groups -OCH3 is 1. The van der Waals surface area contributed by atoms with E-state index in [9.17, 15) is 0 Å². The number of nitrogens with two attached hydrogens (primary N) is 1. The number of hydrogen-bond acceptors (Lipinski definition) is 3. The van der Waals surface area contributed by atoms with E-state index in [0.717, 1.165) is 29.1 Å². The van der Waals surface area contributed by atoms with Gasteiger partial charge >= 0.3 is 0 Å². The van der Waals surface area contributed by atoms with Crippen LogP contribution in [0.25, 0.3) is 5.65 Å². The Morgan fingerprint density at radius 1 is 1.20 bits per heavy atom. The quantitative estimate of drug-likeness (QED) is 0.789. The fourth-order valence-corrected chi connectivity index (χ4v) is 2.28. The fraction of sp³-hybridized carbons (Fsp3) is 0.188. The van der Waals surface area contributed by atoms with Gasteiger partial charge in [0, 0.05) is 25.4 Å². The van der Waals surface area contributed by atoms with Gasteiger partial charge in [0.15, 0.2) is 0 Å². The number of hydrogen-bond donors (Lipinski definition) is 1. The van der Waals surface area contributed by atoms with Crippen LogP contribution in [0.15, 0.2) is 48.8 Å². The van der Waals surface area contributed by atoms with E-state index in [-0.39, 0.29) is 0 Å². The van der Waals surface area contributed by atoms with Crippen molar-refractivity contribution in [1.82, 2.24) is 9.38 Å². The summed E-state index contributed by atoms with van der Waals surface area (Å²) in [5.41, 5.74) is 9.90. The maximum Gasteiger partial charge on any atom is 0.137 e. The van der Waals surface area contributed by atoms with Gasteiger partial charge in [-0.1, -0.05) is 12.1 Å². The van der Waals surface area contributed by atoms with E-state index in [0.29, 0.717) is 6.54 Å². The van der Waals surface area contributed by atoms with Crippen molar-refractivity contribution in [3.05, 3.63) is 65.6 Å². The van der Waals surface area contributed by atoms with E-state index < -0.39 is 0 Å². The monoisotopic (exact) mass is 267 g/mol. The molecular weight excluding hydrogens is 250 g/mol. The van der Waals surface area contributed by atoms with Gasteiger partial charge in [0.05, 0.1) is 12.8 Å². The maximum absolute atomic E-state index is 5.65. The molecule has 0 radical (unpaired) electrons. The first-order valence-corrected chi connectivity index (χ1v) is 6.58. The van der Waals surface area contributed by atoms with Crippen LogP contribution in [0.5, 0.6) is 5.75 Å². The minimum Gasteiger partial charge on any atom is -0.497 e. The Labute approximate surface area is 117 Å². The topological polar surface area (TPSA) is 52.5 Å². The Kier molecular flexibility index (Phi) is 3.39. The predicted octanol–water partition coefficient (Wildman–Crippen LogP) is 2.39. The second-order valence-corrected chi connectivity index (χ2v) is 4.77. The first kappa shape index (κ1) is 12.7. The summed E-state index contributed by atoms with van der Waals surface area (Å²) in [6.45, 7) is 0.536. The van der Waals surface area contributed by atoms with E-state index >= 15 is 0 Å². The Bertz CT molecular complexity index is 733. The molecule has 0 aliphatic rings. The maximum atomic E-state index is 5.65. The Morgan fingerprint density at radius 3 is 2.90 bits per heavy atom. The average Bonchev–Trinajstić information content (AvgIpc) is 2.88. The van der Waals surface area contributed by atoms with Crippen molar-refractivity contribution in [2.75, 3.05) is 7.11 Å². The molecule has 0 fully saturated rings. The smallest absolute Gasteiger partial charge is 0.137 e. The zero-order valence-corrected chi connectivity index (χ0v) is 11.4. The van der Waals surface area contributed by atoms with Gasteiger partial charge in [0.25, 0.3) is 0 Å². The number of imidazole rings is 1. The SMILES string of the molecule is COc1cccc(Cc2cn3ccc(CN)cc3n2)c1. The lowest BCUT2D eigenvalue weighted by Crippen LogP contribution is -1.96. The standard InChI is InChI=1S/C16H17N3O/c1-20-15-4-2-3-12(8-15)7-14-11-19-6-5-13(10-17)9-16(19)18-14/h2-6,8-9,11H,7,10,17H2,1H3. The van der Waals surface area contributed by atoms with E-state index in [1.807, 2.05) is 40.9 Å². The highest BCUT2D eigenvalue weighted by Gasteiger charge is 2.04. The van der Waals surface area contributed by atoms with Crippen LogP contribution in [0, 0.1) is 0 Å². The van der Waals surface area contributed by atoms with Crippen molar-refractivity contribution in [2.24, 2.45) is 5.73 Å². The highest BCUT2D eigenvalue weighted by atomic mass is 16.5. The van der Waals surface area contributed by atoms with E-state index in [1.54, 1.807) is 7.11 Å². The number of rotatable bonds is 4. The van der Waals surface area contributed by atoms with Crippen LogP contribution in [0.1, 0.15) is 16.8 Å². The summed E-state index contributed by atoms with van der Waals surface area (Å²) in [4.78, 5) is 4.64. The molecule has 0 aliphatic carbocycles. The lowest BCUT2D eigenvalue weighted by Gasteiger charge is -2.02. The third-order valence-corrected chi connectivity index (χ3v) is 3.33. The summed E-state index contributed by atoms with van der Waals surface area (Å²) in [7, 11) is 1.68. The first-order chi connectivity index (χ1) is 9.78. The molecule has 2 N–H and O–H groups in total. The molecule has 0 amide bonds. The Morgan fingerprint density at radius 2 is 2.10 bits per heavy atom. The highest BCUT2D eigenvalue weighted by molar-refractivity contribution is 5.44. The van der Waals surface area contributed by atoms with Crippen LogP contribution in [0.2, 0.25) is 0 Å². The van der Waals surface area contributed by atoms with Gasteiger partial charge in [-0.2, -0.15) is 0 Å². The van der Waals surface area contributed by atoms with E-state index in [2.05, 4.69) is 17.2 Å². The van der Waals surface area contributed by atoms with E-state index in [4.69, 9.17) is 10.5 Å². The zero-order valence-electron chi connectivity index (χ0n) is 11.4. The highest BCUT2D eigenvalue weighted by Crippen LogP contribution is 2.16. The molecule has 0 bridgehead atoms. The molecule has 3 rings (SSSR count). The molecule has 102 valence electrons. The summed E-state index contributed by atoms with van der Waals surface area (Å²) in [6.07, 6.45) is 4.84. The average molecular weight is 267 g/mol. The summed E-state index contributed by atoms with van der Waals surface area (Å²) in [5, 5.41) is 0. The fourth-order valence-electron chi connectivity index (χ4n) is 2.28. The number of aromatic nitrogens is 2. The minimum atomic E-state index is 0.536. The van der Waals surface area contributed by atoms with Gasteiger partial charge < -0.3 is 14.9 Å². The molecular formula is C16H17N3O. The summed E-state index contributed by atoms with van der Waals surface area (Å²) >= 11 is 0. The molecule has 4 nitrogen and oxygen atoms in total. The van der Waals surface area contributed by atoms with Crippen LogP contribution in [0.4, 0.5) is 0 Å². The largest absolute Gasteiger partial charge is 0.497 e. The lowest BCUT2D eigenvalue weighted by atomic mass is 10.1. The second kappa shape index (κ2) is 5.35. The summed E-state index contributed by atoms with van der Waals surface area (Å²) < 4.78 is 7.26. The van der Waals surface area contributed by atoms with Gasteiger partial charge in [-0.3, -0.25) is 0 Å². The molecule has 0 unspecified atom stereocenters. The molecule has 3 aromatic rings. The predicted molar refractivity (Wildman–Crippen MR) is 78.9 cm³/mol. The van der Waals surface area contributed by atoms with Gasteiger partial charge in [-0.05, 0) is 35.4 Å². The molecule has 20 heavy (non-hydrogen) atoms. The van der Waals surface area contributed by atoms with Crippen LogP contribution < -0.4 is 10.5 Å². The third-order valence-electron chi connectivity index (χ3n) is 3.33. The Balaban J connectivity index is 1.90. The van der Waals surface area contributed by atoms with Crippen LogP contribution in [-0.2, 0) is 13.0 Å². The molecule has 1 aromatic carbocycles. The van der Waals surface area contributed by atoms with Gasteiger partial charge in [0.1, 0.15) is 11.4 Å². The van der Waals surface area contributed by atoms with Crippen molar-refractivity contribution in [3.63, 3.8) is 0 Å². The number of ether oxygens (including phenoxy) is 1. The van der Waals surface area contributed by atoms with Crippen molar-refractivity contribution >= 4 is 5.65 Å². The third kappa shape index (κ3) is 2.51.